The van der Waals surface area contributed by atoms with E-state index < -0.39 is 0 Å². The predicted octanol–water partition coefficient (Wildman–Crippen LogP) is 3.44. The second-order valence-corrected chi connectivity index (χ2v) is 7.17. The standard InChI is InChI=1S/C17H21N3OS/c1-12-6-9-15(22-12)11-20(14-7-8-14)13(2)17(21)19-16-5-3-4-10-18-16/h3-6,9-10,13-14H,7-8,11H2,1-2H3,(H,18,19,21). The van der Waals surface area contributed by atoms with Gasteiger partial charge in [0.05, 0.1) is 6.04 Å². The van der Waals surface area contributed by atoms with Gasteiger partial charge in [0.25, 0.3) is 0 Å². The maximum absolute atomic E-state index is 12.5. The highest BCUT2D eigenvalue weighted by Gasteiger charge is 2.35. The van der Waals surface area contributed by atoms with Crippen molar-refractivity contribution in [2.45, 2.75) is 45.3 Å². The lowest BCUT2D eigenvalue weighted by molar-refractivity contribution is -0.121. The summed E-state index contributed by atoms with van der Waals surface area (Å²) in [4.78, 5) is 21.6. The molecular formula is C17H21N3OS. The summed E-state index contributed by atoms with van der Waals surface area (Å²) in [5.74, 6) is 0.626. The minimum absolute atomic E-state index is 0.0129. The lowest BCUT2D eigenvalue weighted by Crippen LogP contribution is -2.42. The fraction of sp³-hybridized carbons (Fsp3) is 0.412. The van der Waals surface area contributed by atoms with Crippen molar-refractivity contribution in [3.05, 3.63) is 46.3 Å². The number of aryl methyl sites for hydroxylation is 1. The molecule has 0 bridgehead atoms. The molecule has 0 saturated heterocycles. The Hall–Kier alpha value is -1.72. The lowest BCUT2D eigenvalue weighted by atomic mass is 10.2. The molecule has 4 nitrogen and oxygen atoms in total. The topological polar surface area (TPSA) is 45.2 Å². The number of aromatic nitrogens is 1. The Kier molecular flexibility index (Phi) is 4.55. The van der Waals surface area contributed by atoms with Crippen molar-refractivity contribution < 1.29 is 4.79 Å². The van der Waals surface area contributed by atoms with Crippen molar-refractivity contribution in [2.24, 2.45) is 0 Å². The molecule has 2 aromatic rings. The number of carbonyl (C=O) groups is 1. The van der Waals surface area contributed by atoms with Crippen molar-refractivity contribution in [1.82, 2.24) is 9.88 Å². The fourth-order valence-corrected chi connectivity index (χ4v) is 3.46. The normalized spacial score (nSPS) is 15.8. The van der Waals surface area contributed by atoms with Crippen molar-refractivity contribution in [2.75, 3.05) is 5.32 Å². The van der Waals surface area contributed by atoms with Crippen LogP contribution in [-0.4, -0.2) is 27.9 Å². The third-order valence-corrected chi connectivity index (χ3v) is 4.93. The van der Waals surface area contributed by atoms with E-state index in [1.54, 1.807) is 6.20 Å². The summed E-state index contributed by atoms with van der Waals surface area (Å²) in [5, 5.41) is 2.91. The molecule has 0 aromatic carbocycles. The largest absolute Gasteiger partial charge is 0.309 e. The number of rotatable bonds is 6. The second kappa shape index (κ2) is 6.58. The number of carbonyl (C=O) groups excluding carboxylic acids is 1. The predicted molar refractivity (Wildman–Crippen MR) is 89.9 cm³/mol. The van der Waals surface area contributed by atoms with Gasteiger partial charge in [-0.15, -0.1) is 11.3 Å². The number of hydrogen-bond acceptors (Lipinski definition) is 4. The summed E-state index contributed by atoms with van der Waals surface area (Å²) in [7, 11) is 0. The summed E-state index contributed by atoms with van der Waals surface area (Å²) in [6.45, 7) is 4.95. The highest BCUT2D eigenvalue weighted by atomic mass is 32.1. The number of nitrogens with zero attached hydrogens (tertiary/aromatic N) is 2. The van der Waals surface area contributed by atoms with E-state index in [4.69, 9.17) is 0 Å². The van der Waals surface area contributed by atoms with Crippen molar-refractivity contribution in [1.29, 1.82) is 0 Å². The molecule has 0 spiro atoms. The summed E-state index contributed by atoms with van der Waals surface area (Å²) in [6.07, 6.45) is 4.06. The number of nitrogens with one attached hydrogen (secondary N) is 1. The Bertz CT molecular complexity index is 636. The van der Waals surface area contributed by atoms with Crippen LogP contribution in [0.1, 0.15) is 29.5 Å². The van der Waals surface area contributed by atoms with Crippen LogP contribution in [-0.2, 0) is 11.3 Å². The quantitative estimate of drug-likeness (QED) is 0.888. The maximum Gasteiger partial charge on any atom is 0.242 e. The van der Waals surface area contributed by atoms with Crippen molar-refractivity contribution in [3.63, 3.8) is 0 Å². The second-order valence-electron chi connectivity index (χ2n) is 5.80. The van der Waals surface area contributed by atoms with E-state index in [0.717, 1.165) is 6.54 Å². The summed E-state index contributed by atoms with van der Waals surface area (Å²) < 4.78 is 0. The van der Waals surface area contributed by atoms with E-state index in [2.05, 4.69) is 34.3 Å². The van der Waals surface area contributed by atoms with Gasteiger partial charge in [-0.05, 0) is 51.0 Å². The SMILES string of the molecule is Cc1ccc(CN(C2CC2)C(C)C(=O)Nc2ccccn2)s1. The molecule has 0 radical (unpaired) electrons. The first-order chi connectivity index (χ1) is 10.6. The number of thiophene rings is 1. The van der Waals surface area contributed by atoms with Crippen LogP contribution < -0.4 is 5.32 Å². The van der Waals surface area contributed by atoms with Gasteiger partial charge in [0.1, 0.15) is 5.82 Å². The minimum Gasteiger partial charge on any atom is -0.309 e. The molecule has 0 aliphatic heterocycles. The molecular weight excluding hydrogens is 294 g/mol. The van der Waals surface area contributed by atoms with Gasteiger partial charge in [0, 0.05) is 28.5 Å². The van der Waals surface area contributed by atoms with Crippen LogP contribution in [0.15, 0.2) is 36.5 Å². The van der Waals surface area contributed by atoms with Gasteiger partial charge in [-0.2, -0.15) is 0 Å². The van der Waals surface area contributed by atoms with Crippen molar-refractivity contribution in [3.8, 4) is 0 Å². The molecule has 5 heteroatoms. The average molecular weight is 315 g/mol. The molecule has 22 heavy (non-hydrogen) atoms. The zero-order valence-corrected chi connectivity index (χ0v) is 13.8. The van der Waals surface area contributed by atoms with E-state index in [1.165, 1.54) is 22.6 Å². The Morgan fingerprint density at radius 3 is 2.82 bits per heavy atom. The summed E-state index contributed by atoms with van der Waals surface area (Å²) >= 11 is 1.81. The lowest BCUT2D eigenvalue weighted by Gasteiger charge is -2.27. The molecule has 2 heterocycles. The zero-order valence-electron chi connectivity index (χ0n) is 13.0. The summed E-state index contributed by atoms with van der Waals surface area (Å²) in [5.41, 5.74) is 0. The molecule has 1 fully saturated rings. The molecule has 2 aromatic heterocycles. The van der Waals surface area contributed by atoms with Crippen LogP contribution in [0.4, 0.5) is 5.82 Å². The molecule has 1 atom stereocenters. The van der Waals surface area contributed by atoms with Crippen LogP contribution in [0.25, 0.3) is 0 Å². The smallest absolute Gasteiger partial charge is 0.242 e. The maximum atomic E-state index is 12.5. The third kappa shape index (κ3) is 3.72. The van der Waals surface area contributed by atoms with Gasteiger partial charge < -0.3 is 5.32 Å². The van der Waals surface area contributed by atoms with Gasteiger partial charge in [-0.25, -0.2) is 4.98 Å². The van der Waals surface area contributed by atoms with E-state index in [9.17, 15) is 4.79 Å². The highest BCUT2D eigenvalue weighted by molar-refractivity contribution is 7.11. The van der Waals surface area contributed by atoms with Gasteiger partial charge in [0.15, 0.2) is 0 Å². The highest BCUT2D eigenvalue weighted by Crippen LogP contribution is 2.31. The van der Waals surface area contributed by atoms with Crippen LogP contribution >= 0.6 is 11.3 Å². The van der Waals surface area contributed by atoms with E-state index in [1.807, 2.05) is 36.5 Å². The number of anilines is 1. The number of pyridine rings is 1. The summed E-state index contributed by atoms with van der Waals surface area (Å²) in [6, 6.07) is 10.2. The van der Waals surface area contributed by atoms with Crippen LogP contribution in [0.5, 0.6) is 0 Å². The Balaban J connectivity index is 1.67. The van der Waals surface area contributed by atoms with Gasteiger partial charge in [-0.1, -0.05) is 6.07 Å². The Morgan fingerprint density at radius 2 is 2.23 bits per heavy atom. The first-order valence-corrected chi connectivity index (χ1v) is 8.48. The molecule has 1 N–H and O–H groups in total. The Labute approximate surface area is 135 Å². The van der Waals surface area contributed by atoms with Gasteiger partial charge in [0.2, 0.25) is 5.91 Å². The number of amides is 1. The molecule has 1 amide bonds. The average Bonchev–Trinajstić information content (AvgIpc) is 3.28. The van der Waals surface area contributed by atoms with Crippen LogP contribution in [0, 0.1) is 6.92 Å². The van der Waals surface area contributed by atoms with Gasteiger partial charge in [-0.3, -0.25) is 9.69 Å². The molecule has 1 aliphatic rings. The molecule has 3 rings (SSSR count). The molecule has 1 aliphatic carbocycles. The minimum atomic E-state index is -0.156. The fourth-order valence-electron chi connectivity index (χ4n) is 2.56. The first kappa shape index (κ1) is 15.2. The first-order valence-electron chi connectivity index (χ1n) is 7.66. The third-order valence-electron chi connectivity index (χ3n) is 3.94. The van der Waals surface area contributed by atoms with Crippen LogP contribution in [0.3, 0.4) is 0 Å². The molecule has 1 saturated carbocycles. The van der Waals surface area contributed by atoms with E-state index in [0.29, 0.717) is 11.9 Å². The van der Waals surface area contributed by atoms with E-state index >= 15 is 0 Å². The van der Waals surface area contributed by atoms with Crippen molar-refractivity contribution >= 4 is 23.1 Å². The number of hydrogen-bond donors (Lipinski definition) is 1. The molecule has 116 valence electrons. The van der Waals surface area contributed by atoms with E-state index in [-0.39, 0.29) is 11.9 Å². The molecule has 1 unspecified atom stereocenters. The zero-order chi connectivity index (χ0) is 15.5. The monoisotopic (exact) mass is 315 g/mol. The Morgan fingerprint density at radius 1 is 1.41 bits per heavy atom. The van der Waals surface area contributed by atoms with Crippen LogP contribution in [0.2, 0.25) is 0 Å². The van der Waals surface area contributed by atoms with Gasteiger partial charge >= 0.3 is 0 Å².